The van der Waals surface area contributed by atoms with Crippen LogP contribution in [0.25, 0.3) is 22.8 Å². The maximum absolute atomic E-state index is 14.4. The summed E-state index contributed by atoms with van der Waals surface area (Å²) in [5, 5.41) is 22.2. The van der Waals surface area contributed by atoms with E-state index in [1.807, 2.05) is 19.9 Å². The van der Waals surface area contributed by atoms with Crippen molar-refractivity contribution in [1.29, 1.82) is 5.26 Å². The quantitative estimate of drug-likeness (QED) is 0.533. The lowest BCUT2D eigenvalue weighted by molar-refractivity contribution is 0.202. The zero-order valence-corrected chi connectivity index (χ0v) is 17.4. The van der Waals surface area contributed by atoms with Crippen LogP contribution in [0.5, 0.6) is 11.6 Å². The van der Waals surface area contributed by atoms with Crippen LogP contribution < -0.4 is 15.2 Å². The molecule has 0 saturated carbocycles. The predicted molar refractivity (Wildman–Crippen MR) is 109 cm³/mol. The van der Waals surface area contributed by atoms with Gasteiger partial charge in [0.25, 0.3) is 5.89 Å². The number of halogens is 2. The van der Waals surface area contributed by atoms with Crippen LogP contribution in [-0.2, 0) is 0 Å². The Kier molecular flexibility index (Phi) is 7.02. The second kappa shape index (κ2) is 9.70. The standard InChI is InChI=1S/C20H19ClFN5O4/c1-10(2)30-19-11(6-23)3-12(7-25-19)20-26-18(27-31-20)14-4-16(22)17(5-15(14)21)29-9-13(24)8-28/h3-5,7,10,13,28H,8-9,24H2,1-2H3/t13-/m1/s1. The van der Waals surface area contributed by atoms with Crippen LogP contribution in [0.2, 0.25) is 5.02 Å². The normalized spacial score (nSPS) is 11.9. The number of ether oxygens (including phenoxy) is 2. The monoisotopic (exact) mass is 447 g/mol. The highest BCUT2D eigenvalue weighted by Crippen LogP contribution is 2.33. The molecule has 1 atom stereocenters. The van der Waals surface area contributed by atoms with Gasteiger partial charge in [-0.3, -0.25) is 0 Å². The minimum atomic E-state index is -0.709. The molecule has 0 amide bonds. The Bertz CT molecular complexity index is 1120. The van der Waals surface area contributed by atoms with Crippen molar-refractivity contribution in [1.82, 2.24) is 15.1 Å². The summed E-state index contributed by atoms with van der Waals surface area (Å²) in [6.07, 6.45) is 1.28. The van der Waals surface area contributed by atoms with Gasteiger partial charge in [-0.1, -0.05) is 16.8 Å². The molecular weight excluding hydrogens is 429 g/mol. The van der Waals surface area contributed by atoms with Crippen molar-refractivity contribution in [3.05, 3.63) is 40.8 Å². The highest BCUT2D eigenvalue weighted by atomic mass is 35.5. The van der Waals surface area contributed by atoms with Crippen LogP contribution in [0.4, 0.5) is 4.39 Å². The van der Waals surface area contributed by atoms with E-state index in [0.717, 1.165) is 6.07 Å². The van der Waals surface area contributed by atoms with Crippen molar-refractivity contribution in [2.75, 3.05) is 13.2 Å². The summed E-state index contributed by atoms with van der Waals surface area (Å²) in [6.45, 7) is 3.26. The Morgan fingerprint density at radius 3 is 2.81 bits per heavy atom. The summed E-state index contributed by atoms with van der Waals surface area (Å²) in [6, 6.07) is 5.23. The molecule has 3 rings (SSSR count). The average Bonchev–Trinajstić information content (AvgIpc) is 3.23. The summed E-state index contributed by atoms with van der Waals surface area (Å²) in [5.41, 5.74) is 6.32. The molecule has 3 aromatic rings. The minimum absolute atomic E-state index is 0.0403. The fraction of sp³-hybridized carbons (Fsp3) is 0.300. The summed E-state index contributed by atoms with van der Waals surface area (Å²) < 4.78 is 30.4. The van der Waals surface area contributed by atoms with Crippen molar-refractivity contribution in [3.63, 3.8) is 0 Å². The smallest absolute Gasteiger partial charge is 0.259 e. The van der Waals surface area contributed by atoms with Gasteiger partial charge in [-0.2, -0.15) is 10.2 Å². The molecule has 162 valence electrons. The highest BCUT2D eigenvalue weighted by molar-refractivity contribution is 6.33. The number of pyridine rings is 1. The van der Waals surface area contributed by atoms with E-state index in [-0.39, 0.29) is 58.8 Å². The van der Waals surface area contributed by atoms with Crippen molar-refractivity contribution in [3.8, 4) is 40.5 Å². The van der Waals surface area contributed by atoms with Gasteiger partial charge in [-0.25, -0.2) is 9.37 Å². The van der Waals surface area contributed by atoms with Gasteiger partial charge < -0.3 is 24.8 Å². The molecule has 0 aliphatic rings. The summed E-state index contributed by atoms with van der Waals surface area (Å²) >= 11 is 6.24. The lowest BCUT2D eigenvalue weighted by Gasteiger charge is -2.12. The Hall–Kier alpha value is -3.26. The average molecular weight is 448 g/mol. The van der Waals surface area contributed by atoms with Crippen molar-refractivity contribution >= 4 is 11.6 Å². The van der Waals surface area contributed by atoms with Crippen LogP contribution in [0.1, 0.15) is 19.4 Å². The van der Waals surface area contributed by atoms with E-state index in [2.05, 4.69) is 15.1 Å². The van der Waals surface area contributed by atoms with Crippen molar-refractivity contribution in [2.24, 2.45) is 5.73 Å². The van der Waals surface area contributed by atoms with Crippen LogP contribution >= 0.6 is 11.6 Å². The summed E-state index contributed by atoms with van der Waals surface area (Å²) in [4.78, 5) is 8.35. The van der Waals surface area contributed by atoms with Crippen molar-refractivity contribution in [2.45, 2.75) is 26.0 Å². The maximum atomic E-state index is 14.4. The fourth-order valence-electron chi connectivity index (χ4n) is 2.48. The van der Waals surface area contributed by atoms with Crippen LogP contribution in [-0.4, -0.2) is 45.6 Å². The van der Waals surface area contributed by atoms with E-state index in [1.54, 1.807) is 0 Å². The molecule has 0 spiro atoms. The number of nitrogens with two attached hydrogens (primary N) is 1. The van der Waals surface area contributed by atoms with E-state index in [9.17, 15) is 9.65 Å². The Morgan fingerprint density at radius 1 is 1.35 bits per heavy atom. The van der Waals surface area contributed by atoms with E-state index in [1.165, 1.54) is 18.3 Å². The molecular formula is C20H19ClFN5O4. The van der Waals surface area contributed by atoms with Gasteiger partial charge in [0.05, 0.1) is 29.3 Å². The summed E-state index contributed by atoms with van der Waals surface area (Å²) in [5.74, 6) is -0.522. The first-order chi connectivity index (χ1) is 14.8. The largest absolute Gasteiger partial charge is 0.489 e. The molecule has 9 nitrogen and oxygen atoms in total. The van der Waals surface area contributed by atoms with Gasteiger partial charge in [0.15, 0.2) is 11.6 Å². The molecule has 0 bridgehead atoms. The Balaban J connectivity index is 1.87. The molecule has 2 heterocycles. The predicted octanol–water partition coefficient (Wildman–Crippen LogP) is 2.95. The van der Waals surface area contributed by atoms with Gasteiger partial charge >= 0.3 is 0 Å². The SMILES string of the molecule is CC(C)Oc1ncc(-c2nc(-c3cc(F)c(OC[C@H](N)CO)cc3Cl)no2)cc1C#N. The van der Waals surface area contributed by atoms with E-state index in [4.69, 9.17) is 36.4 Å². The van der Waals surface area contributed by atoms with Crippen molar-refractivity contribution < 1.29 is 23.5 Å². The van der Waals surface area contributed by atoms with E-state index < -0.39 is 11.9 Å². The molecule has 11 heteroatoms. The number of hydrogen-bond donors (Lipinski definition) is 2. The number of aliphatic hydroxyl groups excluding tert-OH is 1. The minimum Gasteiger partial charge on any atom is -0.489 e. The van der Waals surface area contributed by atoms with E-state index >= 15 is 0 Å². The summed E-state index contributed by atoms with van der Waals surface area (Å²) in [7, 11) is 0. The number of nitrogens with zero attached hydrogens (tertiary/aromatic N) is 4. The van der Waals surface area contributed by atoms with Gasteiger partial charge in [-0.15, -0.1) is 0 Å². The molecule has 0 aliphatic carbocycles. The third kappa shape index (κ3) is 5.27. The molecule has 3 N–H and O–H groups in total. The maximum Gasteiger partial charge on any atom is 0.259 e. The molecule has 0 unspecified atom stereocenters. The molecule has 0 aliphatic heterocycles. The first-order valence-corrected chi connectivity index (χ1v) is 9.59. The topological polar surface area (TPSA) is 140 Å². The Morgan fingerprint density at radius 2 is 2.13 bits per heavy atom. The highest BCUT2D eigenvalue weighted by Gasteiger charge is 2.19. The van der Waals surface area contributed by atoms with Crippen LogP contribution in [0, 0.1) is 17.1 Å². The number of benzene rings is 1. The van der Waals surface area contributed by atoms with Gasteiger partial charge in [-0.05, 0) is 26.0 Å². The number of nitriles is 1. The molecule has 0 saturated heterocycles. The zero-order chi connectivity index (χ0) is 22.5. The molecule has 2 aromatic heterocycles. The van der Waals surface area contributed by atoms with Gasteiger partial charge in [0, 0.05) is 17.8 Å². The number of aromatic nitrogens is 3. The van der Waals surface area contributed by atoms with Gasteiger partial charge in [0.2, 0.25) is 11.7 Å². The van der Waals surface area contributed by atoms with Crippen LogP contribution in [0.3, 0.4) is 0 Å². The third-order valence-corrected chi connectivity index (χ3v) is 4.25. The molecule has 0 fully saturated rings. The number of hydrogen-bond acceptors (Lipinski definition) is 9. The fourth-order valence-corrected chi connectivity index (χ4v) is 2.71. The lowest BCUT2D eigenvalue weighted by atomic mass is 10.2. The second-order valence-electron chi connectivity index (χ2n) is 6.79. The Labute approximate surface area is 182 Å². The zero-order valence-electron chi connectivity index (χ0n) is 16.7. The first kappa shape index (κ1) is 22.4. The van der Waals surface area contributed by atoms with E-state index in [0.29, 0.717) is 5.56 Å². The molecule has 1 aromatic carbocycles. The molecule has 31 heavy (non-hydrogen) atoms. The first-order valence-electron chi connectivity index (χ1n) is 9.22. The number of rotatable bonds is 8. The number of aliphatic hydroxyl groups is 1. The second-order valence-corrected chi connectivity index (χ2v) is 7.20. The third-order valence-electron chi connectivity index (χ3n) is 3.94. The van der Waals surface area contributed by atoms with Crippen LogP contribution in [0.15, 0.2) is 28.9 Å². The lowest BCUT2D eigenvalue weighted by Crippen LogP contribution is -2.31. The molecule has 0 radical (unpaired) electrons. The van der Waals surface area contributed by atoms with Gasteiger partial charge in [0.1, 0.15) is 18.2 Å².